The van der Waals surface area contributed by atoms with Crippen LogP contribution in [0.1, 0.15) is 181 Å². The fourth-order valence-electron chi connectivity index (χ4n) is 5.50. The maximum absolute atomic E-state index is 2.57. The molecule has 35 heavy (non-hydrogen) atoms. The summed E-state index contributed by atoms with van der Waals surface area (Å²) in [5, 5.41) is 0. The molecular formula is C33H65N2+. The molecule has 0 bridgehead atoms. The SMILES string of the molecule is CCCCCCCCCCCCCCCCCCCc1n(CCCCCCCC)cc[n+]1CCC. The van der Waals surface area contributed by atoms with Crippen molar-refractivity contribution in [1.29, 1.82) is 0 Å². The van der Waals surface area contributed by atoms with Crippen LogP contribution in [-0.4, -0.2) is 4.57 Å². The van der Waals surface area contributed by atoms with Gasteiger partial charge in [-0.2, -0.15) is 0 Å². The molecule has 0 unspecified atom stereocenters. The summed E-state index contributed by atoms with van der Waals surface area (Å²) in [6.45, 7) is 9.31. The largest absolute Gasteiger partial charge is 0.256 e. The van der Waals surface area contributed by atoms with Crippen molar-refractivity contribution in [3.63, 3.8) is 0 Å². The zero-order valence-electron chi connectivity index (χ0n) is 24.6. The van der Waals surface area contributed by atoms with Crippen LogP contribution < -0.4 is 4.57 Å². The maximum atomic E-state index is 2.57. The van der Waals surface area contributed by atoms with Gasteiger partial charge in [0.1, 0.15) is 12.4 Å². The van der Waals surface area contributed by atoms with Crippen LogP contribution in [0.4, 0.5) is 0 Å². The van der Waals surface area contributed by atoms with Crippen molar-refractivity contribution in [1.82, 2.24) is 4.57 Å². The Bertz CT molecular complexity index is 547. The molecule has 206 valence electrons. The number of nitrogens with zero attached hydrogens (tertiary/aromatic N) is 2. The highest BCUT2D eigenvalue weighted by molar-refractivity contribution is 4.84. The maximum Gasteiger partial charge on any atom is 0.256 e. The topological polar surface area (TPSA) is 8.81 Å². The van der Waals surface area contributed by atoms with Crippen molar-refractivity contribution in [2.45, 2.75) is 194 Å². The van der Waals surface area contributed by atoms with Gasteiger partial charge in [0.25, 0.3) is 5.82 Å². The van der Waals surface area contributed by atoms with Crippen LogP contribution in [0.25, 0.3) is 0 Å². The minimum atomic E-state index is 1.18. The van der Waals surface area contributed by atoms with E-state index in [9.17, 15) is 0 Å². The molecular weight excluding hydrogens is 424 g/mol. The van der Waals surface area contributed by atoms with Crippen molar-refractivity contribution in [3.05, 3.63) is 18.2 Å². The minimum Gasteiger partial charge on any atom is -0.234 e. The Balaban J connectivity index is 2.01. The lowest BCUT2D eigenvalue weighted by Gasteiger charge is -2.06. The first kappa shape index (κ1) is 32.2. The average Bonchev–Trinajstić information content (AvgIpc) is 3.24. The predicted molar refractivity (Wildman–Crippen MR) is 156 cm³/mol. The van der Waals surface area contributed by atoms with Crippen molar-refractivity contribution in [2.75, 3.05) is 0 Å². The number of aromatic nitrogens is 2. The molecule has 1 aromatic heterocycles. The number of unbranched alkanes of at least 4 members (excludes halogenated alkanes) is 21. The molecule has 0 saturated heterocycles. The molecule has 1 aromatic rings. The number of hydrogen-bond acceptors (Lipinski definition) is 0. The van der Waals surface area contributed by atoms with E-state index in [-0.39, 0.29) is 0 Å². The Morgan fingerprint density at radius 3 is 1.31 bits per heavy atom. The van der Waals surface area contributed by atoms with Crippen molar-refractivity contribution >= 4 is 0 Å². The summed E-state index contributed by atoms with van der Waals surface area (Å²) in [6.07, 6.45) is 40.2. The van der Waals surface area contributed by atoms with Gasteiger partial charge in [-0.05, 0) is 25.7 Å². The third kappa shape index (κ3) is 18.2. The van der Waals surface area contributed by atoms with Gasteiger partial charge in [0.15, 0.2) is 0 Å². The lowest BCUT2D eigenvalue weighted by molar-refractivity contribution is -0.703. The Morgan fingerprint density at radius 2 is 0.886 bits per heavy atom. The molecule has 0 atom stereocenters. The molecule has 0 radical (unpaired) electrons. The molecule has 0 saturated carbocycles. The van der Waals surface area contributed by atoms with Crippen LogP contribution in [0.3, 0.4) is 0 Å². The van der Waals surface area contributed by atoms with E-state index in [0.29, 0.717) is 0 Å². The van der Waals surface area contributed by atoms with Crippen LogP contribution >= 0.6 is 0 Å². The molecule has 0 aliphatic carbocycles. The Labute approximate surface area is 221 Å². The van der Waals surface area contributed by atoms with Crippen LogP contribution in [0.5, 0.6) is 0 Å². The molecule has 0 aliphatic rings. The van der Waals surface area contributed by atoms with Crippen LogP contribution in [0, 0.1) is 0 Å². The third-order valence-corrected chi connectivity index (χ3v) is 7.81. The van der Waals surface area contributed by atoms with E-state index < -0.39 is 0 Å². The summed E-state index contributed by atoms with van der Waals surface area (Å²) in [6, 6.07) is 0. The van der Waals surface area contributed by atoms with E-state index in [1.165, 1.54) is 174 Å². The normalized spacial score (nSPS) is 11.5. The number of aryl methyl sites for hydroxylation is 2. The molecule has 0 amide bonds. The molecule has 0 fully saturated rings. The second kappa shape index (κ2) is 24.9. The van der Waals surface area contributed by atoms with E-state index in [1.54, 1.807) is 5.82 Å². The number of hydrogen-bond donors (Lipinski definition) is 0. The highest BCUT2D eigenvalue weighted by Crippen LogP contribution is 2.15. The number of imidazole rings is 1. The van der Waals surface area contributed by atoms with Gasteiger partial charge in [0.05, 0.1) is 13.1 Å². The summed E-state index contributed by atoms with van der Waals surface area (Å²) in [5.74, 6) is 1.58. The molecule has 1 heterocycles. The first-order chi connectivity index (χ1) is 17.3. The van der Waals surface area contributed by atoms with Gasteiger partial charge >= 0.3 is 0 Å². The third-order valence-electron chi connectivity index (χ3n) is 7.81. The zero-order chi connectivity index (χ0) is 25.2. The molecule has 2 heteroatoms. The summed E-state index contributed by atoms with van der Waals surface area (Å²) >= 11 is 0. The van der Waals surface area contributed by atoms with E-state index in [2.05, 4.69) is 42.3 Å². The second-order valence-electron chi connectivity index (χ2n) is 11.3. The van der Waals surface area contributed by atoms with E-state index in [4.69, 9.17) is 0 Å². The Morgan fingerprint density at radius 1 is 0.486 bits per heavy atom. The molecule has 2 nitrogen and oxygen atoms in total. The van der Waals surface area contributed by atoms with Crippen LogP contribution in [-0.2, 0) is 19.5 Å². The van der Waals surface area contributed by atoms with E-state index in [1.807, 2.05) is 0 Å². The van der Waals surface area contributed by atoms with Gasteiger partial charge in [-0.3, -0.25) is 0 Å². The van der Waals surface area contributed by atoms with Gasteiger partial charge < -0.3 is 0 Å². The monoisotopic (exact) mass is 490 g/mol. The second-order valence-corrected chi connectivity index (χ2v) is 11.3. The minimum absolute atomic E-state index is 1.18. The molecule has 0 N–H and O–H groups in total. The highest BCUT2D eigenvalue weighted by Gasteiger charge is 2.15. The van der Waals surface area contributed by atoms with Crippen molar-refractivity contribution in [3.8, 4) is 0 Å². The average molecular weight is 490 g/mol. The standard InChI is InChI=1S/C33H65N2/c1-4-7-9-11-13-14-15-16-17-18-19-20-21-22-23-24-26-28-33-34(29-6-3)31-32-35(33)30-27-25-12-10-8-5-2/h31-32H,4-30H2,1-3H3/q+1. The Hall–Kier alpha value is -0.790. The fraction of sp³-hybridized carbons (Fsp3) is 0.909. The Kier molecular flexibility index (Phi) is 22.9. The summed E-state index contributed by atoms with van der Waals surface area (Å²) in [4.78, 5) is 0. The highest BCUT2D eigenvalue weighted by atomic mass is 15.1. The van der Waals surface area contributed by atoms with Crippen molar-refractivity contribution < 1.29 is 4.57 Å². The summed E-state index contributed by atoms with van der Waals surface area (Å²) in [7, 11) is 0. The predicted octanol–water partition coefficient (Wildman–Crippen LogP) is 10.7. The first-order valence-electron chi connectivity index (χ1n) is 16.4. The number of rotatable bonds is 27. The fourth-order valence-corrected chi connectivity index (χ4v) is 5.50. The quantitative estimate of drug-likeness (QED) is 0.0858. The summed E-state index contributed by atoms with van der Waals surface area (Å²) < 4.78 is 5.10. The summed E-state index contributed by atoms with van der Waals surface area (Å²) in [5.41, 5.74) is 0. The zero-order valence-corrected chi connectivity index (χ0v) is 24.6. The molecule has 0 spiro atoms. The van der Waals surface area contributed by atoms with E-state index in [0.717, 1.165) is 0 Å². The molecule has 0 aromatic carbocycles. The van der Waals surface area contributed by atoms with Gasteiger partial charge in [-0.15, -0.1) is 0 Å². The van der Waals surface area contributed by atoms with E-state index >= 15 is 0 Å². The van der Waals surface area contributed by atoms with Gasteiger partial charge in [-0.1, -0.05) is 149 Å². The van der Waals surface area contributed by atoms with Gasteiger partial charge in [0, 0.05) is 6.42 Å². The van der Waals surface area contributed by atoms with Crippen LogP contribution in [0.2, 0.25) is 0 Å². The first-order valence-corrected chi connectivity index (χ1v) is 16.4. The molecule has 0 aliphatic heterocycles. The van der Waals surface area contributed by atoms with Crippen molar-refractivity contribution in [2.24, 2.45) is 0 Å². The van der Waals surface area contributed by atoms with Gasteiger partial charge in [0.2, 0.25) is 0 Å². The smallest absolute Gasteiger partial charge is 0.234 e. The lowest BCUT2D eigenvalue weighted by Crippen LogP contribution is -2.37. The lowest BCUT2D eigenvalue weighted by atomic mass is 10.0. The molecule has 1 rings (SSSR count). The van der Waals surface area contributed by atoms with Crippen LogP contribution in [0.15, 0.2) is 12.4 Å². The van der Waals surface area contributed by atoms with Gasteiger partial charge in [-0.25, -0.2) is 9.13 Å².